The number of amides is 1. The first kappa shape index (κ1) is 23.1. The highest BCUT2D eigenvalue weighted by molar-refractivity contribution is 5.87. The first-order chi connectivity index (χ1) is 11.7. The Morgan fingerprint density at radius 3 is 2.32 bits per heavy atom. The van der Waals surface area contributed by atoms with Crippen LogP contribution in [0.4, 0.5) is 0 Å². The number of rotatable bonds is 13. The fraction of sp³-hybridized carbons (Fsp3) is 0.706. The van der Waals surface area contributed by atoms with Gasteiger partial charge >= 0.3 is 5.97 Å². The molecule has 3 unspecified atom stereocenters. The molecule has 0 saturated carbocycles. The van der Waals surface area contributed by atoms with Crippen molar-refractivity contribution in [2.75, 3.05) is 26.2 Å². The maximum Gasteiger partial charge on any atom is 0.362 e. The lowest BCUT2D eigenvalue weighted by molar-refractivity contribution is -0.955. The van der Waals surface area contributed by atoms with Crippen LogP contribution in [0.25, 0.3) is 0 Å². The van der Waals surface area contributed by atoms with E-state index in [9.17, 15) is 29.7 Å². The zero-order valence-corrected chi connectivity index (χ0v) is 15.2. The number of carbonyl (C=O) groups is 3. The molecule has 3 N–H and O–H groups in total. The van der Waals surface area contributed by atoms with Crippen molar-refractivity contribution in [2.45, 2.75) is 52.1 Å². The molecule has 0 aliphatic carbocycles. The largest absolute Gasteiger partial charge is 0.544 e. The van der Waals surface area contributed by atoms with Crippen LogP contribution in [0.15, 0.2) is 12.2 Å². The van der Waals surface area contributed by atoms with Crippen LogP contribution in [0.1, 0.15) is 40.0 Å². The first-order valence-electron chi connectivity index (χ1n) is 8.58. The van der Waals surface area contributed by atoms with Crippen molar-refractivity contribution in [1.29, 1.82) is 0 Å². The second-order valence-corrected chi connectivity index (χ2v) is 6.12. The summed E-state index contributed by atoms with van der Waals surface area (Å²) in [5.41, 5.74) is 0. The molecular formula is C17H30N2O6. The van der Waals surface area contributed by atoms with Crippen molar-refractivity contribution in [1.82, 2.24) is 5.32 Å². The van der Waals surface area contributed by atoms with Crippen LogP contribution in [-0.4, -0.2) is 70.9 Å². The summed E-state index contributed by atoms with van der Waals surface area (Å²) in [6.45, 7) is 4.50. The Balaban J connectivity index is 5.05. The number of nitrogens with zero attached hydrogens (tertiary/aromatic N) is 1. The van der Waals surface area contributed by atoms with E-state index in [-0.39, 0.29) is 32.1 Å². The maximum absolute atomic E-state index is 11.8. The van der Waals surface area contributed by atoms with E-state index in [4.69, 9.17) is 0 Å². The minimum atomic E-state index is -1.40. The van der Waals surface area contributed by atoms with Gasteiger partial charge in [0.15, 0.2) is 6.04 Å². The van der Waals surface area contributed by atoms with E-state index in [2.05, 4.69) is 12.2 Å². The van der Waals surface area contributed by atoms with Crippen molar-refractivity contribution < 1.29 is 34.2 Å². The zero-order chi connectivity index (χ0) is 19.5. The van der Waals surface area contributed by atoms with Gasteiger partial charge in [-0.3, -0.25) is 4.79 Å². The van der Waals surface area contributed by atoms with Gasteiger partial charge in [-0.2, -0.15) is 0 Å². The van der Waals surface area contributed by atoms with Crippen molar-refractivity contribution in [3.63, 3.8) is 0 Å². The van der Waals surface area contributed by atoms with Crippen LogP contribution in [0.3, 0.4) is 0 Å². The summed E-state index contributed by atoms with van der Waals surface area (Å²) in [6, 6.07) is -2.22. The summed E-state index contributed by atoms with van der Waals surface area (Å²) in [5.74, 6) is -2.89. The Hall–Kier alpha value is -1.93. The van der Waals surface area contributed by atoms with Crippen LogP contribution in [0, 0.1) is 0 Å². The van der Waals surface area contributed by atoms with Gasteiger partial charge < -0.3 is 29.9 Å². The van der Waals surface area contributed by atoms with Gasteiger partial charge in [0.05, 0.1) is 25.7 Å². The van der Waals surface area contributed by atoms with E-state index in [0.29, 0.717) is 0 Å². The number of aliphatic carboxylic acids is 2. The van der Waals surface area contributed by atoms with Crippen molar-refractivity contribution in [3.05, 3.63) is 12.2 Å². The number of allylic oxidation sites excluding steroid dienone is 1. The van der Waals surface area contributed by atoms with Crippen molar-refractivity contribution in [2.24, 2.45) is 0 Å². The highest BCUT2D eigenvalue weighted by Crippen LogP contribution is 2.19. The SMILES string of the molecule is CCCC/C=C/C(=O)NCC[N+](CCO)(C(C)C(=O)[O-])C(C)C(=O)O. The summed E-state index contributed by atoms with van der Waals surface area (Å²) in [7, 11) is 0. The molecule has 144 valence electrons. The molecule has 8 nitrogen and oxygen atoms in total. The first-order valence-corrected chi connectivity index (χ1v) is 8.58. The topological polar surface area (TPSA) is 127 Å². The monoisotopic (exact) mass is 358 g/mol. The molecule has 0 aromatic rings. The van der Waals surface area contributed by atoms with E-state index in [1.54, 1.807) is 6.08 Å². The van der Waals surface area contributed by atoms with Crippen molar-refractivity contribution in [3.8, 4) is 0 Å². The standard InChI is InChI=1S/C17H30N2O6/c1-4-5-6-7-8-15(21)18-9-10-19(11-12-20,13(2)16(22)23)14(3)17(24)25/h7-8,13-14,20H,4-6,9-12H2,1-3H3,(H2-,18,21,22,23,24,25)/b8-7+. The molecule has 0 rings (SSSR count). The van der Waals surface area contributed by atoms with E-state index in [0.717, 1.165) is 19.3 Å². The van der Waals surface area contributed by atoms with Gasteiger partial charge in [-0.25, -0.2) is 4.79 Å². The van der Waals surface area contributed by atoms with Crippen molar-refractivity contribution >= 4 is 17.8 Å². The molecule has 1 amide bonds. The van der Waals surface area contributed by atoms with Crippen LogP contribution in [0.2, 0.25) is 0 Å². The van der Waals surface area contributed by atoms with Crippen LogP contribution in [0.5, 0.6) is 0 Å². The quantitative estimate of drug-likeness (QED) is 0.226. The van der Waals surface area contributed by atoms with Crippen LogP contribution in [-0.2, 0) is 14.4 Å². The predicted octanol–water partition coefficient (Wildman–Crippen LogP) is -0.730. The Morgan fingerprint density at radius 1 is 1.20 bits per heavy atom. The summed E-state index contributed by atoms with van der Waals surface area (Å²) >= 11 is 0. The van der Waals surface area contributed by atoms with Crippen LogP contribution < -0.4 is 10.4 Å². The zero-order valence-electron chi connectivity index (χ0n) is 15.2. The number of carbonyl (C=O) groups excluding carboxylic acids is 2. The molecule has 0 aliphatic rings. The van der Waals surface area contributed by atoms with Gasteiger partial charge in [-0.05, 0) is 26.3 Å². The van der Waals surface area contributed by atoms with Gasteiger partial charge in [0, 0.05) is 0 Å². The molecular weight excluding hydrogens is 328 g/mol. The Bertz CT molecular complexity index is 458. The lowest BCUT2D eigenvalue weighted by atomic mass is 10.1. The third-order valence-electron chi connectivity index (χ3n) is 4.58. The van der Waals surface area contributed by atoms with Gasteiger partial charge in [-0.1, -0.05) is 25.8 Å². The molecule has 0 aromatic carbocycles. The fourth-order valence-electron chi connectivity index (χ4n) is 2.80. The van der Waals surface area contributed by atoms with E-state index in [1.807, 2.05) is 0 Å². The molecule has 0 saturated heterocycles. The third kappa shape index (κ3) is 7.23. The average molecular weight is 358 g/mol. The molecule has 0 fully saturated rings. The molecule has 8 heteroatoms. The number of nitrogens with one attached hydrogen (secondary N) is 1. The normalized spacial score (nSPS) is 16.2. The number of quaternary nitrogens is 1. The number of carboxylic acid groups (broad SMARTS) is 2. The van der Waals surface area contributed by atoms with Gasteiger partial charge in [0.25, 0.3) is 0 Å². The summed E-state index contributed by atoms with van der Waals surface area (Å²) < 4.78 is -0.409. The molecule has 0 radical (unpaired) electrons. The number of carboxylic acids is 2. The Morgan fingerprint density at radius 2 is 1.84 bits per heavy atom. The molecule has 0 aliphatic heterocycles. The number of hydrogen-bond acceptors (Lipinski definition) is 5. The number of aliphatic hydroxyl groups is 1. The smallest absolute Gasteiger partial charge is 0.362 e. The predicted molar refractivity (Wildman–Crippen MR) is 90.3 cm³/mol. The van der Waals surface area contributed by atoms with E-state index >= 15 is 0 Å². The second kappa shape index (κ2) is 11.6. The maximum atomic E-state index is 11.8. The summed E-state index contributed by atoms with van der Waals surface area (Å²) in [6.07, 6.45) is 5.99. The number of aliphatic hydroxyl groups excluding tert-OH is 1. The van der Waals surface area contributed by atoms with Gasteiger partial charge in [0.1, 0.15) is 12.6 Å². The Labute approximate surface area is 148 Å². The molecule has 0 aromatic heterocycles. The van der Waals surface area contributed by atoms with Gasteiger partial charge in [0.2, 0.25) is 5.91 Å². The van der Waals surface area contributed by atoms with E-state index in [1.165, 1.54) is 19.9 Å². The number of hydrogen-bond donors (Lipinski definition) is 3. The highest BCUT2D eigenvalue weighted by atomic mass is 16.4. The summed E-state index contributed by atoms with van der Waals surface area (Å²) in [4.78, 5) is 34.5. The van der Waals surface area contributed by atoms with Gasteiger partial charge in [-0.15, -0.1) is 0 Å². The molecule has 0 heterocycles. The highest BCUT2D eigenvalue weighted by Gasteiger charge is 2.43. The fourth-order valence-corrected chi connectivity index (χ4v) is 2.80. The van der Waals surface area contributed by atoms with Crippen LogP contribution >= 0.6 is 0 Å². The molecule has 0 spiro atoms. The lowest BCUT2D eigenvalue weighted by Crippen LogP contribution is -2.68. The minimum absolute atomic E-state index is 0.0533. The lowest BCUT2D eigenvalue weighted by Gasteiger charge is -2.46. The summed E-state index contributed by atoms with van der Waals surface area (Å²) in [5, 5.41) is 32.6. The average Bonchev–Trinajstić information content (AvgIpc) is 2.56. The Kier molecular flexibility index (Phi) is 10.7. The molecule has 3 atom stereocenters. The second-order valence-electron chi connectivity index (χ2n) is 6.12. The minimum Gasteiger partial charge on any atom is -0.544 e. The molecule has 0 bridgehead atoms. The third-order valence-corrected chi connectivity index (χ3v) is 4.58. The number of unbranched alkanes of at least 4 members (excludes halogenated alkanes) is 2. The molecule has 25 heavy (non-hydrogen) atoms. The van der Waals surface area contributed by atoms with E-state index < -0.39 is 28.5 Å².